The van der Waals surface area contributed by atoms with Gasteiger partial charge in [0.2, 0.25) is 0 Å². The van der Waals surface area contributed by atoms with Gasteiger partial charge in [-0.1, -0.05) is 12.8 Å². The topological polar surface area (TPSA) is 64.2 Å². The number of benzene rings is 1. The summed E-state index contributed by atoms with van der Waals surface area (Å²) < 4.78 is 1.71. The molecule has 5 nitrogen and oxygen atoms in total. The van der Waals surface area contributed by atoms with Crippen LogP contribution >= 0.6 is 0 Å². The number of nitrogens with two attached hydrogens (primary N) is 1. The Hall–Kier alpha value is -2.30. The van der Waals surface area contributed by atoms with Crippen molar-refractivity contribution in [1.82, 2.24) is 14.7 Å². The minimum absolute atomic E-state index is 0.0334. The fraction of sp³-hybridized carbons (Fsp3) is 0.375. The van der Waals surface area contributed by atoms with Gasteiger partial charge in [-0.05, 0) is 43.2 Å². The fourth-order valence-corrected chi connectivity index (χ4v) is 2.64. The Balaban J connectivity index is 1.77. The first kappa shape index (κ1) is 13.7. The lowest BCUT2D eigenvalue weighted by Crippen LogP contribution is -2.32. The summed E-state index contributed by atoms with van der Waals surface area (Å²) in [7, 11) is 0. The number of nitrogens with zero attached hydrogens (tertiary/aromatic N) is 3. The van der Waals surface area contributed by atoms with Crippen molar-refractivity contribution >= 4 is 11.6 Å². The summed E-state index contributed by atoms with van der Waals surface area (Å²) in [5.74, 6) is 0.0334. The maximum Gasteiger partial charge on any atom is 0.274 e. The van der Waals surface area contributed by atoms with Crippen LogP contribution in [0.2, 0.25) is 0 Å². The van der Waals surface area contributed by atoms with Gasteiger partial charge in [0, 0.05) is 25.0 Å². The molecule has 1 aromatic heterocycles. The van der Waals surface area contributed by atoms with Crippen molar-refractivity contribution in [3.05, 3.63) is 42.2 Å². The number of aromatic nitrogens is 2. The van der Waals surface area contributed by atoms with Gasteiger partial charge in [-0.2, -0.15) is 5.10 Å². The van der Waals surface area contributed by atoms with Gasteiger partial charge in [-0.3, -0.25) is 4.79 Å². The molecule has 110 valence electrons. The molecule has 1 saturated heterocycles. The highest BCUT2D eigenvalue weighted by atomic mass is 16.2. The molecule has 0 spiro atoms. The molecule has 3 rings (SSSR count). The van der Waals surface area contributed by atoms with Crippen molar-refractivity contribution in [2.24, 2.45) is 0 Å². The van der Waals surface area contributed by atoms with E-state index in [1.165, 1.54) is 12.8 Å². The summed E-state index contributed by atoms with van der Waals surface area (Å²) >= 11 is 0. The molecule has 0 saturated carbocycles. The molecule has 0 atom stereocenters. The number of hydrogen-bond donors (Lipinski definition) is 1. The Kier molecular flexibility index (Phi) is 3.90. The van der Waals surface area contributed by atoms with Gasteiger partial charge in [-0.25, -0.2) is 4.68 Å². The molecular formula is C16H20N4O. The zero-order valence-electron chi connectivity index (χ0n) is 12.0. The van der Waals surface area contributed by atoms with Crippen LogP contribution in [-0.2, 0) is 0 Å². The molecule has 1 fully saturated rings. The van der Waals surface area contributed by atoms with E-state index in [2.05, 4.69) is 5.10 Å². The first-order chi connectivity index (χ1) is 10.2. The van der Waals surface area contributed by atoms with Crippen molar-refractivity contribution in [2.45, 2.75) is 25.7 Å². The molecular weight excluding hydrogens is 264 g/mol. The molecule has 0 unspecified atom stereocenters. The number of hydrogen-bond acceptors (Lipinski definition) is 3. The second-order valence-corrected chi connectivity index (χ2v) is 5.44. The van der Waals surface area contributed by atoms with E-state index in [4.69, 9.17) is 5.73 Å². The second kappa shape index (κ2) is 5.99. The van der Waals surface area contributed by atoms with Crippen LogP contribution in [0.5, 0.6) is 0 Å². The Morgan fingerprint density at radius 2 is 1.67 bits per heavy atom. The molecule has 2 N–H and O–H groups in total. The smallest absolute Gasteiger partial charge is 0.274 e. The minimum atomic E-state index is 0.0334. The van der Waals surface area contributed by atoms with Crippen LogP contribution in [0.4, 0.5) is 5.69 Å². The Labute approximate surface area is 124 Å². The van der Waals surface area contributed by atoms with Crippen molar-refractivity contribution in [1.29, 1.82) is 0 Å². The zero-order valence-corrected chi connectivity index (χ0v) is 12.0. The average Bonchev–Trinajstić information content (AvgIpc) is 2.83. The summed E-state index contributed by atoms with van der Waals surface area (Å²) in [5, 5.41) is 4.40. The van der Waals surface area contributed by atoms with E-state index in [1.807, 2.05) is 35.4 Å². The molecule has 1 aromatic carbocycles. The minimum Gasteiger partial charge on any atom is -0.399 e. The van der Waals surface area contributed by atoms with E-state index in [-0.39, 0.29) is 5.91 Å². The fourth-order valence-electron chi connectivity index (χ4n) is 2.64. The van der Waals surface area contributed by atoms with Crippen LogP contribution in [-0.4, -0.2) is 33.7 Å². The third kappa shape index (κ3) is 3.07. The number of rotatable bonds is 2. The number of anilines is 1. The third-order valence-corrected chi connectivity index (χ3v) is 3.86. The molecule has 0 aliphatic carbocycles. The summed E-state index contributed by atoms with van der Waals surface area (Å²) in [6.07, 6.45) is 6.42. The molecule has 2 heterocycles. The summed E-state index contributed by atoms with van der Waals surface area (Å²) in [6, 6.07) is 9.22. The van der Waals surface area contributed by atoms with Crippen LogP contribution < -0.4 is 5.73 Å². The Bertz CT molecular complexity index is 609. The van der Waals surface area contributed by atoms with Gasteiger partial charge in [0.1, 0.15) is 0 Å². The van der Waals surface area contributed by atoms with Gasteiger partial charge in [0.05, 0.1) is 5.69 Å². The van der Waals surface area contributed by atoms with Crippen LogP contribution in [0, 0.1) is 0 Å². The van der Waals surface area contributed by atoms with Gasteiger partial charge in [-0.15, -0.1) is 0 Å². The SMILES string of the molecule is Nc1ccc(-n2ccc(C(=O)N3CCCCCC3)n2)cc1. The number of carbonyl (C=O) groups is 1. The van der Waals surface area contributed by atoms with Gasteiger partial charge in [0.15, 0.2) is 5.69 Å². The lowest BCUT2D eigenvalue weighted by molar-refractivity contribution is 0.0755. The van der Waals surface area contributed by atoms with Crippen LogP contribution in [0.3, 0.4) is 0 Å². The standard InChI is InChI=1S/C16H20N4O/c17-13-5-7-14(8-6-13)20-12-9-15(18-20)16(21)19-10-3-1-2-4-11-19/h5-9,12H,1-4,10-11,17H2. The largest absolute Gasteiger partial charge is 0.399 e. The summed E-state index contributed by atoms with van der Waals surface area (Å²) in [5.41, 5.74) is 7.80. The van der Waals surface area contributed by atoms with Crippen molar-refractivity contribution in [3.8, 4) is 5.69 Å². The van der Waals surface area contributed by atoms with E-state index >= 15 is 0 Å². The molecule has 2 aromatic rings. The van der Waals surface area contributed by atoms with Crippen LogP contribution in [0.1, 0.15) is 36.2 Å². The van der Waals surface area contributed by atoms with E-state index in [1.54, 1.807) is 10.7 Å². The molecule has 0 radical (unpaired) electrons. The van der Waals surface area contributed by atoms with Gasteiger partial charge < -0.3 is 10.6 Å². The number of likely N-dealkylation sites (tertiary alicyclic amines) is 1. The van der Waals surface area contributed by atoms with Gasteiger partial charge >= 0.3 is 0 Å². The summed E-state index contributed by atoms with van der Waals surface area (Å²) in [6.45, 7) is 1.68. The molecule has 1 amide bonds. The van der Waals surface area contributed by atoms with E-state index in [0.717, 1.165) is 31.6 Å². The van der Waals surface area contributed by atoms with E-state index in [9.17, 15) is 4.79 Å². The van der Waals surface area contributed by atoms with Crippen molar-refractivity contribution in [2.75, 3.05) is 18.8 Å². The molecule has 1 aliphatic heterocycles. The number of nitrogen functional groups attached to an aromatic ring is 1. The summed E-state index contributed by atoms with van der Waals surface area (Å²) in [4.78, 5) is 14.4. The van der Waals surface area contributed by atoms with Crippen molar-refractivity contribution < 1.29 is 4.79 Å². The highest BCUT2D eigenvalue weighted by molar-refractivity contribution is 5.92. The monoisotopic (exact) mass is 284 g/mol. The first-order valence-electron chi connectivity index (χ1n) is 7.45. The number of amides is 1. The Morgan fingerprint density at radius 3 is 2.33 bits per heavy atom. The average molecular weight is 284 g/mol. The highest BCUT2D eigenvalue weighted by Gasteiger charge is 2.19. The maximum atomic E-state index is 12.5. The predicted octanol–water partition coefficient (Wildman–Crippen LogP) is 2.47. The molecule has 21 heavy (non-hydrogen) atoms. The lowest BCUT2D eigenvalue weighted by Gasteiger charge is -2.18. The zero-order chi connectivity index (χ0) is 14.7. The van der Waals surface area contributed by atoms with E-state index < -0.39 is 0 Å². The lowest BCUT2D eigenvalue weighted by atomic mass is 10.2. The third-order valence-electron chi connectivity index (χ3n) is 3.86. The van der Waals surface area contributed by atoms with Crippen LogP contribution in [0.15, 0.2) is 36.5 Å². The second-order valence-electron chi connectivity index (χ2n) is 5.44. The van der Waals surface area contributed by atoms with Crippen molar-refractivity contribution in [3.63, 3.8) is 0 Å². The van der Waals surface area contributed by atoms with E-state index in [0.29, 0.717) is 11.4 Å². The molecule has 0 bridgehead atoms. The maximum absolute atomic E-state index is 12.5. The van der Waals surface area contributed by atoms with Gasteiger partial charge in [0.25, 0.3) is 5.91 Å². The quantitative estimate of drug-likeness (QED) is 0.862. The molecule has 5 heteroatoms. The predicted molar refractivity (Wildman–Crippen MR) is 82.3 cm³/mol. The number of carbonyl (C=O) groups excluding carboxylic acids is 1. The highest BCUT2D eigenvalue weighted by Crippen LogP contribution is 2.14. The van der Waals surface area contributed by atoms with Crippen LogP contribution in [0.25, 0.3) is 5.69 Å². The Morgan fingerprint density at radius 1 is 1.00 bits per heavy atom. The first-order valence-corrected chi connectivity index (χ1v) is 7.45. The normalized spacial score (nSPS) is 15.7. The molecule has 1 aliphatic rings.